The van der Waals surface area contributed by atoms with Gasteiger partial charge < -0.3 is 20.1 Å². The van der Waals surface area contributed by atoms with Crippen LogP contribution in [0.5, 0.6) is 0 Å². The number of hydrogen-bond donors (Lipinski definition) is 2. The summed E-state index contributed by atoms with van der Waals surface area (Å²) in [6, 6.07) is 6.31. The van der Waals surface area contributed by atoms with Crippen molar-refractivity contribution in [2.45, 2.75) is 45.3 Å². The first-order valence-corrected chi connectivity index (χ1v) is 9.76. The fourth-order valence-electron chi connectivity index (χ4n) is 2.08. The van der Waals surface area contributed by atoms with E-state index < -0.39 is 5.60 Å². The monoisotopic (exact) mass is 512 g/mol. The maximum absolute atomic E-state index is 11.6. The average molecular weight is 513 g/mol. The Morgan fingerprint density at radius 1 is 1.38 bits per heavy atom. The van der Waals surface area contributed by atoms with Gasteiger partial charge in [0.1, 0.15) is 5.60 Å². The highest BCUT2D eigenvalue weighted by atomic mass is 127. The molecule has 0 bridgehead atoms. The number of rotatable bonds is 8. The maximum atomic E-state index is 11.6. The number of carbonyl (C=O) groups excluding carboxylic acids is 1. The van der Waals surface area contributed by atoms with E-state index in [4.69, 9.17) is 9.47 Å². The molecule has 0 aromatic heterocycles. The van der Waals surface area contributed by atoms with Gasteiger partial charge in [0.25, 0.3) is 0 Å². The quantitative estimate of drug-likeness (QED) is 0.388. The van der Waals surface area contributed by atoms with Crippen LogP contribution in [0.1, 0.15) is 33.6 Å². The van der Waals surface area contributed by atoms with Crippen LogP contribution in [0.3, 0.4) is 0 Å². The molecule has 0 heterocycles. The van der Waals surface area contributed by atoms with Crippen molar-refractivity contribution in [1.29, 1.82) is 0 Å². The van der Waals surface area contributed by atoms with Crippen LogP contribution in [-0.2, 0) is 9.47 Å². The maximum Gasteiger partial charge on any atom is 0.407 e. The zero-order valence-corrected chi connectivity index (χ0v) is 18.4. The van der Waals surface area contributed by atoms with Crippen LogP contribution >= 0.6 is 38.5 Å². The van der Waals surface area contributed by atoms with Crippen molar-refractivity contribution >= 4 is 50.3 Å². The lowest BCUT2D eigenvalue weighted by atomic mass is 10.1. The molecular weight excluding hydrogens is 487 g/mol. The standard InChI is InChI=1S/C17H26BrIN2O3/c1-17(2,3)24-16(22)20-9-5-6-13(11-23-4)21-15-10-12(18)7-8-14(15)19/h7-8,10,13,21H,5-6,9,11H2,1-4H3,(H,20,22). The van der Waals surface area contributed by atoms with Crippen molar-refractivity contribution in [3.05, 3.63) is 26.2 Å². The number of halogens is 2. The summed E-state index contributed by atoms with van der Waals surface area (Å²) in [6.45, 7) is 6.74. The van der Waals surface area contributed by atoms with E-state index in [0.717, 1.165) is 26.6 Å². The number of ether oxygens (including phenoxy) is 2. The lowest BCUT2D eigenvalue weighted by molar-refractivity contribution is 0.0526. The summed E-state index contributed by atoms with van der Waals surface area (Å²) >= 11 is 5.80. The third kappa shape index (κ3) is 9.08. The number of alkyl carbamates (subject to hydrolysis) is 1. The van der Waals surface area contributed by atoms with E-state index in [-0.39, 0.29) is 12.1 Å². The Bertz CT molecular complexity index is 535. The predicted octanol–water partition coefficient (Wildman–Crippen LogP) is 4.79. The molecule has 0 radical (unpaired) electrons. The Morgan fingerprint density at radius 3 is 2.71 bits per heavy atom. The summed E-state index contributed by atoms with van der Waals surface area (Å²) in [7, 11) is 1.69. The second-order valence-electron chi connectivity index (χ2n) is 6.49. The highest BCUT2D eigenvalue weighted by molar-refractivity contribution is 14.1. The van der Waals surface area contributed by atoms with Gasteiger partial charge in [0, 0.05) is 33.4 Å². The van der Waals surface area contributed by atoms with Crippen LogP contribution in [0.2, 0.25) is 0 Å². The Kier molecular flexibility index (Phi) is 9.36. The number of anilines is 1. The molecule has 0 aliphatic rings. The Hall–Kier alpha value is -0.540. The predicted molar refractivity (Wildman–Crippen MR) is 110 cm³/mol. The minimum Gasteiger partial charge on any atom is -0.444 e. The van der Waals surface area contributed by atoms with E-state index in [1.54, 1.807) is 7.11 Å². The molecule has 0 aliphatic carbocycles. The van der Waals surface area contributed by atoms with E-state index in [2.05, 4.69) is 61.3 Å². The van der Waals surface area contributed by atoms with E-state index in [0.29, 0.717) is 13.2 Å². The van der Waals surface area contributed by atoms with Crippen molar-refractivity contribution in [2.75, 3.05) is 25.6 Å². The molecule has 0 saturated heterocycles. The molecule has 1 atom stereocenters. The van der Waals surface area contributed by atoms with Crippen LogP contribution < -0.4 is 10.6 Å². The van der Waals surface area contributed by atoms with Crippen LogP contribution in [0.15, 0.2) is 22.7 Å². The largest absolute Gasteiger partial charge is 0.444 e. The van der Waals surface area contributed by atoms with Crippen LogP contribution in [0.4, 0.5) is 10.5 Å². The minimum atomic E-state index is -0.471. The first-order valence-electron chi connectivity index (χ1n) is 7.88. The summed E-state index contributed by atoms with van der Waals surface area (Å²) in [6.07, 6.45) is 1.34. The number of amides is 1. The number of hydrogen-bond acceptors (Lipinski definition) is 4. The lowest BCUT2D eigenvalue weighted by Gasteiger charge is -2.21. The highest BCUT2D eigenvalue weighted by Crippen LogP contribution is 2.24. The first kappa shape index (κ1) is 21.5. The zero-order valence-electron chi connectivity index (χ0n) is 14.6. The summed E-state index contributed by atoms with van der Waals surface area (Å²) < 4.78 is 12.7. The van der Waals surface area contributed by atoms with E-state index >= 15 is 0 Å². The topological polar surface area (TPSA) is 59.6 Å². The van der Waals surface area contributed by atoms with E-state index in [1.807, 2.05) is 26.8 Å². The fourth-order valence-corrected chi connectivity index (χ4v) is 2.93. The zero-order chi connectivity index (χ0) is 18.2. The van der Waals surface area contributed by atoms with Crippen molar-refractivity contribution < 1.29 is 14.3 Å². The summed E-state index contributed by atoms with van der Waals surface area (Å²) in [5.41, 5.74) is 0.605. The van der Waals surface area contributed by atoms with Gasteiger partial charge in [-0.3, -0.25) is 0 Å². The molecule has 2 N–H and O–H groups in total. The molecule has 1 rings (SSSR count). The van der Waals surface area contributed by atoms with Gasteiger partial charge in [-0.2, -0.15) is 0 Å². The molecular formula is C17H26BrIN2O3. The molecule has 136 valence electrons. The summed E-state index contributed by atoms with van der Waals surface area (Å²) in [5, 5.41) is 6.29. The molecule has 0 saturated carbocycles. The summed E-state index contributed by atoms with van der Waals surface area (Å²) in [4.78, 5) is 11.6. The molecule has 1 amide bonds. The molecule has 1 unspecified atom stereocenters. The molecule has 5 nitrogen and oxygen atoms in total. The number of carbonyl (C=O) groups is 1. The Morgan fingerprint density at radius 2 is 2.08 bits per heavy atom. The highest BCUT2D eigenvalue weighted by Gasteiger charge is 2.16. The molecule has 1 aromatic rings. The van der Waals surface area contributed by atoms with Crippen molar-refractivity contribution in [2.24, 2.45) is 0 Å². The first-order chi connectivity index (χ1) is 11.2. The smallest absolute Gasteiger partial charge is 0.407 e. The van der Waals surface area contributed by atoms with Gasteiger partial charge in [0.15, 0.2) is 0 Å². The van der Waals surface area contributed by atoms with Gasteiger partial charge in [-0.15, -0.1) is 0 Å². The van der Waals surface area contributed by atoms with Crippen LogP contribution in [-0.4, -0.2) is 38.0 Å². The Labute approximate surface area is 166 Å². The third-order valence-electron chi connectivity index (χ3n) is 3.05. The lowest BCUT2D eigenvalue weighted by Crippen LogP contribution is -2.34. The number of benzene rings is 1. The van der Waals surface area contributed by atoms with Crippen molar-refractivity contribution in [1.82, 2.24) is 5.32 Å². The van der Waals surface area contributed by atoms with Crippen LogP contribution in [0, 0.1) is 3.57 Å². The van der Waals surface area contributed by atoms with Gasteiger partial charge in [-0.05, 0) is 74.4 Å². The normalized spacial score (nSPS) is 12.6. The number of methoxy groups -OCH3 is 1. The van der Waals surface area contributed by atoms with E-state index in [9.17, 15) is 4.79 Å². The SMILES string of the molecule is COCC(CCCNC(=O)OC(C)(C)C)Nc1cc(Br)ccc1I. The fraction of sp³-hybridized carbons (Fsp3) is 0.588. The van der Waals surface area contributed by atoms with Crippen molar-refractivity contribution in [3.63, 3.8) is 0 Å². The van der Waals surface area contributed by atoms with Crippen molar-refractivity contribution in [3.8, 4) is 0 Å². The molecule has 0 aliphatic heterocycles. The molecule has 7 heteroatoms. The molecule has 0 fully saturated rings. The second-order valence-corrected chi connectivity index (χ2v) is 8.57. The number of nitrogens with one attached hydrogen (secondary N) is 2. The molecule has 0 spiro atoms. The Balaban J connectivity index is 2.43. The average Bonchev–Trinajstić information content (AvgIpc) is 2.45. The van der Waals surface area contributed by atoms with Gasteiger partial charge >= 0.3 is 6.09 Å². The molecule has 24 heavy (non-hydrogen) atoms. The van der Waals surface area contributed by atoms with Crippen LogP contribution in [0.25, 0.3) is 0 Å². The third-order valence-corrected chi connectivity index (χ3v) is 4.49. The molecule has 1 aromatic carbocycles. The second kappa shape index (κ2) is 10.5. The van der Waals surface area contributed by atoms with Gasteiger partial charge in [0.05, 0.1) is 6.61 Å². The van der Waals surface area contributed by atoms with Gasteiger partial charge in [-0.1, -0.05) is 15.9 Å². The van der Waals surface area contributed by atoms with E-state index in [1.165, 1.54) is 0 Å². The van der Waals surface area contributed by atoms with Gasteiger partial charge in [-0.25, -0.2) is 4.79 Å². The van der Waals surface area contributed by atoms with Gasteiger partial charge in [0.2, 0.25) is 0 Å². The minimum absolute atomic E-state index is 0.179. The summed E-state index contributed by atoms with van der Waals surface area (Å²) in [5.74, 6) is 0.